The number of halogens is 1. The molecule has 9 heteroatoms. The van der Waals surface area contributed by atoms with E-state index in [0.29, 0.717) is 25.2 Å². The first kappa shape index (κ1) is 22.3. The fourth-order valence-electron chi connectivity index (χ4n) is 5.22. The fourth-order valence-corrected chi connectivity index (χ4v) is 5.22. The van der Waals surface area contributed by atoms with Gasteiger partial charge in [0, 0.05) is 51.4 Å². The van der Waals surface area contributed by atoms with Gasteiger partial charge < -0.3 is 19.9 Å². The van der Waals surface area contributed by atoms with Gasteiger partial charge in [-0.25, -0.2) is 0 Å². The predicted octanol–water partition coefficient (Wildman–Crippen LogP) is 2.00. The first-order valence-corrected chi connectivity index (χ1v) is 10.5. The number of aliphatic imine (C=N–C) groups is 1. The highest BCUT2D eigenvalue weighted by atomic mass is 127. The van der Waals surface area contributed by atoms with E-state index in [9.17, 15) is 4.79 Å². The maximum absolute atomic E-state index is 12.7. The summed E-state index contributed by atoms with van der Waals surface area (Å²) < 4.78 is 7.75. The van der Waals surface area contributed by atoms with Gasteiger partial charge in [-0.1, -0.05) is 12.8 Å². The van der Waals surface area contributed by atoms with Crippen LogP contribution in [0, 0.1) is 5.41 Å². The number of anilines is 1. The van der Waals surface area contributed by atoms with Gasteiger partial charge in [0.15, 0.2) is 5.96 Å². The lowest BCUT2D eigenvalue weighted by Crippen LogP contribution is -2.66. The van der Waals surface area contributed by atoms with Crippen molar-refractivity contribution in [3.63, 3.8) is 0 Å². The predicted molar refractivity (Wildman–Crippen MR) is 124 cm³/mol. The number of ether oxygens (including phenoxy) is 1. The van der Waals surface area contributed by atoms with Gasteiger partial charge in [-0.3, -0.25) is 14.5 Å². The average molecular weight is 516 g/mol. The number of carbonyl (C=O) groups excluding carboxylic acids is 1. The lowest BCUT2D eigenvalue weighted by molar-refractivity contribution is -0.126. The molecule has 1 aromatic heterocycles. The molecule has 2 atom stereocenters. The second kappa shape index (κ2) is 9.20. The number of carbonyl (C=O) groups is 1. The quantitative estimate of drug-likeness (QED) is 0.377. The Labute approximate surface area is 190 Å². The van der Waals surface area contributed by atoms with Gasteiger partial charge in [-0.05, 0) is 26.2 Å². The molecule has 0 aromatic carbocycles. The molecule has 2 saturated carbocycles. The summed E-state index contributed by atoms with van der Waals surface area (Å²) in [5.74, 6) is 0.920. The van der Waals surface area contributed by atoms with Crippen LogP contribution in [-0.4, -0.2) is 72.0 Å². The van der Waals surface area contributed by atoms with E-state index >= 15 is 0 Å². The summed E-state index contributed by atoms with van der Waals surface area (Å²) in [6.07, 6.45) is 10.0. The van der Waals surface area contributed by atoms with Crippen molar-refractivity contribution in [2.45, 2.75) is 51.2 Å². The monoisotopic (exact) mass is 516 g/mol. The molecule has 3 fully saturated rings. The number of rotatable bonds is 4. The minimum atomic E-state index is 0. The summed E-state index contributed by atoms with van der Waals surface area (Å²) in [6, 6.07) is 0.386. The molecule has 2 aliphatic carbocycles. The minimum Gasteiger partial charge on any atom is -0.378 e. The first-order chi connectivity index (χ1) is 13.6. The summed E-state index contributed by atoms with van der Waals surface area (Å²) in [5.41, 5.74) is 1.10. The Morgan fingerprint density at radius 2 is 2.14 bits per heavy atom. The number of aryl methyl sites for hydroxylation is 1. The summed E-state index contributed by atoms with van der Waals surface area (Å²) in [6.45, 7) is 4.59. The van der Waals surface area contributed by atoms with E-state index in [-0.39, 0.29) is 35.3 Å². The van der Waals surface area contributed by atoms with Crippen molar-refractivity contribution in [1.29, 1.82) is 0 Å². The van der Waals surface area contributed by atoms with Crippen LogP contribution in [0.5, 0.6) is 0 Å². The number of aromatic nitrogens is 2. The molecule has 1 spiro atoms. The van der Waals surface area contributed by atoms with Gasteiger partial charge in [0.1, 0.15) is 6.54 Å². The maximum atomic E-state index is 12.7. The van der Waals surface area contributed by atoms with Crippen LogP contribution in [0.25, 0.3) is 0 Å². The Hall–Kier alpha value is -1.36. The van der Waals surface area contributed by atoms with Gasteiger partial charge in [-0.15, -0.1) is 24.0 Å². The highest BCUT2D eigenvalue weighted by Crippen LogP contribution is 2.54. The molecule has 2 unspecified atom stereocenters. The van der Waals surface area contributed by atoms with Crippen molar-refractivity contribution in [3.8, 4) is 0 Å². The zero-order chi connectivity index (χ0) is 19.7. The van der Waals surface area contributed by atoms with Crippen LogP contribution < -0.4 is 10.2 Å². The Morgan fingerprint density at radius 1 is 1.38 bits per heavy atom. The summed E-state index contributed by atoms with van der Waals surface area (Å²) in [5, 5.41) is 7.86. The van der Waals surface area contributed by atoms with E-state index in [0.717, 1.165) is 31.2 Å². The van der Waals surface area contributed by atoms with Crippen molar-refractivity contribution in [1.82, 2.24) is 20.0 Å². The molecule has 0 bridgehead atoms. The third-order valence-corrected chi connectivity index (χ3v) is 6.73. The fraction of sp³-hybridized carbons (Fsp3) is 0.750. The van der Waals surface area contributed by atoms with Crippen molar-refractivity contribution in [3.05, 3.63) is 12.4 Å². The highest BCUT2D eigenvalue weighted by molar-refractivity contribution is 14.0. The molecule has 2 heterocycles. The second-order valence-corrected chi connectivity index (χ2v) is 8.20. The minimum absolute atomic E-state index is 0. The third kappa shape index (κ3) is 4.12. The number of guanidine groups is 1. The smallest absolute Gasteiger partial charge is 0.246 e. The second-order valence-electron chi connectivity index (χ2n) is 8.20. The molecule has 1 saturated heterocycles. The van der Waals surface area contributed by atoms with Crippen molar-refractivity contribution < 1.29 is 9.53 Å². The number of nitrogens with zero attached hydrogens (tertiary/aromatic N) is 5. The van der Waals surface area contributed by atoms with Crippen LogP contribution in [0.4, 0.5) is 5.69 Å². The molecule has 4 rings (SSSR count). The van der Waals surface area contributed by atoms with Crippen LogP contribution in [0.2, 0.25) is 0 Å². The Morgan fingerprint density at radius 3 is 2.72 bits per heavy atom. The molecule has 3 aliphatic rings. The summed E-state index contributed by atoms with van der Waals surface area (Å²) >= 11 is 0. The van der Waals surface area contributed by atoms with Gasteiger partial charge in [-0.2, -0.15) is 5.10 Å². The van der Waals surface area contributed by atoms with E-state index in [1.165, 1.54) is 25.7 Å². The molecule has 8 nitrogen and oxygen atoms in total. The van der Waals surface area contributed by atoms with Gasteiger partial charge in [0.25, 0.3) is 0 Å². The number of piperazine rings is 1. The summed E-state index contributed by atoms with van der Waals surface area (Å²) in [7, 11) is 3.67. The average Bonchev–Trinajstić information content (AvgIpc) is 3.35. The molecule has 162 valence electrons. The molecule has 1 aromatic rings. The van der Waals surface area contributed by atoms with E-state index < -0.39 is 0 Å². The maximum Gasteiger partial charge on any atom is 0.246 e. The van der Waals surface area contributed by atoms with E-state index in [1.54, 1.807) is 17.9 Å². The normalized spacial score (nSPS) is 26.4. The van der Waals surface area contributed by atoms with Crippen LogP contribution >= 0.6 is 24.0 Å². The van der Waals surface area contributed by atoms with Crippen LogP contribution in [0.3, 0.4) is 0 Å². The zero-order valence-corrected chi connectivity index (χ0v) is 20.0. The Balaban J connectivity index is 0.00000240. The van der Waals surface area contributed by atoms with E-state index in [1.807, 2.05) is 18.1 Å². The lowest BCUT2D eigenvalue weighted by Gasteiger charge is -2.55. The first-order valence-electron chi connectivity index (χ1n) is 10.5. The largest absolute Gasteiger partial charge is 0.378 e. The molecule has 0 radical (unpaired) electrons. The van der Waals surface area contributed by atoms with Gasteiger partial charge >= 0.3 is 0 Å². The molecule has 1 aliphatic heterocycles. The van der Waals surface area contributed by atoms with Crippen molar-refractivity contribution in [2.75, 3.05) is 38.2 Å². The molecular weight excluding hydrogens is 483 g/mol. The van der Waals surface area contributed by atoms with Crippen molar-refractivity contribution >= 4 is 41.5 Å². The molecule has 1 amide bonds. The van der Waals surface area contributed by atoms with Crippen LogP contribution in [-0.2, 0) is 16.6 Å². The summed E-state index contributed by atoms with van der Waals surface area (Å²) in [4.78, 5) is 21.1. The highest BCUT2D eigenvalue weighted by Gasteiger charge is 2.57. The Bertz CT molecular complexity index is 745. The lowest BCUT2D eigenvalue weighted by atomic mass is 9.60. The van der Waals surface area contributed by atoms with E-state index in [2.05, 4.69) is 27.2 Å². The standard InChI is InChI=1S/C20H32N6O2.HI/c1-4-28-17-11-16(20(17)7-5-6-8-20)23-19(21-2)25-9-10-26(18(27)14-25)15-12-22-24(3)13-15;/h12-13,16-17H,4-11,14H2,1-3H3,(H,21,23);1H. The molecule has 1 N–H and O–H groups in total. The third-order valence-electron chi connectivity index (χ3n) is 6.73. The topological polar surface area (TPSA) is 75.0 Å². The Kier molecular flexibility index (Phi) is 7.08. The number of hydrogen-bond acceptors (Lipinski definition) is 4. The van der Waals surface area contributed by atoms with Crippen LogP contribution in [0.1, 0.15) is 39.0 Å². The van der Waals surface area contributed by atoms with E-state index in [4.69, 9.17) is 4.74 Å². The van der Waals surface area contributed by atoms with Crippen molar-refractivity contribution in [2.24, 2.45) is 17.5 Å². The number of amides is 1. The van der Waals surface area contributed by atoms with Gasteiger partial charge in [0.05, 0.1) is 18.0 Å². The molecule has 29 heavy (non-hydrogen) atoms. The van der Waals surface area contributed by atoms with Crippen LogP contribution in [0.15, 0.2) is 17.4 Å². The number of nitrogens with one attached hydrogen (secondary N) is 1. The number of hydrogen-bond donors (Lipinski definition) is 1. The zero-order valence-electron chi connectivity index (χ0n) is 17.6. The SMILES string of the molecule is CCOC1CC(NC(=NC)N2CCN(c3cnn(C)c3)C(=O)C2)C12CCCC2.I. The molecular formula is C20H33IN6O2. The van der Waals surface area contributed by atoms with Gasteiger partial charge in [0.2, 0.25) is 5.91 Å².